The normalized spacial score (nSPS) is 21.6. The van der Waals surface area contributed by atoms with Crippen molar-refractivity contribution < 1.29 is 9.59 Å². The summed E-state index contributed by atoms with van der Waals surface area (Å²) in [5, 5.41) is 4.07. The predicted octanol–water partition coefficient (Wildman–Crippen LogP) is 2.03. The van der Waals surface area contributed by atoms with Gasteiger partial charge in [-0.05, 0) is 31.0 Å². The third-order valence-corrected chi connectivity index (χ3v) is 4.77. The van der Waals surface area contributed by atoms with Crippen LogP contribution in [0.4, 0.5) is 0 Å². The van der Waals surface area contributed by atoms with Crippen LogP contribution in [0.3, 0.4) is 0 Å². The molecule has 2 aliphatic heterocycles. The van der Waals surface area contributed by atoms with Crippen LogP contribution in [0.15, 0.2) is 18.2 Å². The van der Waals surface area contributed by atoms with Crippen LogP contribution in [0, 0.1) is 0 Å². The van der Waals surface area contributed by atoms with Gasteiger partial charge < -0.3 is 15.1 Å². The van der Waals surface area contributed by atoms with Gasteiger partial charge in [-0.3, -0.25) is 9.59 Å². The molecule has 1 aromatic carbocycles. The largest absolute Gasteiger partial charge is 0.338 e. The molecule has 2 aliphatic rings. The lowest BCUT2D eigenvalue weighted by Gasteiger charge is -2.33. The average molecular weight is 356 g/mol. The first kappa shape index (κ1) is 16.6. The van der Waals surface area contributed by atoms with Gasteiger partial charge in [0.25, 0.3) is 5.91 Å². The van der Waals surface area contributed by atoms with Crippen molar-refractivity contribution in [1.29, 1.82) is 0 Å². The van der Waals surface area contributed by atoms with Crippen LogP contribution in [0.2, 0.25) is 10.0 Å². The molecule has 1 N–H and O–H groups in total. The summed E-state index contributed by atoms with van der Waals surface area (Å²) >= 11 is 12.0. The molecule has 2 amide bonds. The fourth-order valence-electron chi connectivity index (χ4n) is 3.21. The highest BCUT2D eigenvalue weighted by Gasteiger charge is 2.37. The van der Waals surface area contributed by atoms with Crippen molar-refractivity contribution in [1.82, 2.24) is 15.1 Å². The molecule has 0 aliphatic carbocycles. The van der Waals surface area contributed by atoms with Crippen molar-refractivity contribution in [2.24, 2.45) is 0 Å². The van der Waals surface area contributed by atoms with E-state index in [1.54, 1.807) is 23.1 Å². The lowest BCUT2D eigenvalue weighted by Crippen LogP contribution is -2.53. The molecule has 0 aromatic heterocycles. The number of carbonyl (C=O) groups is 2. The summed E-state index contributed by atoms with van der Waals surface area (Å²) in [7, 11) is 0. The van der Waals surface area contributed by atoms with E-state index in [9.17, 15) is 9.59 Å². The number of hydrogen-bond acceptors (Lipinski definition) is 3. The maximum Gasteiger partial charge on any atom is 0.254 e. The summed E-state index contributed by atoms with van der Waals surface area (Å²) in [4.78, 5) is 29.0. The number of amides is 2. The van der Waals surface area contributed by atoms with Gasteiger partial charge in [-0.15, -0.1) is 0 Å². The van der Waals surface area contributed by atoms with E-state index < -0.39 is 0 Å². The van der Waals surface area contributed by atoms with E-state index in [-0.39, 0.29) is 17.9 Å². The van der Waals surface area contributed by atoms with E-state index in [2.05, 4.69) is 5.32 Å². The zero-order valence-electron chi connectivity index (χ0n) is 12.7. The molecule has 23 heavy (non-hydrogen) atoms. The molecule has 5 nitrogen and oxygen atoms in total. The molecule has 0 radical (unpaired) electrons. The summed E-state index contributed by atoms with van der Waals surface area (Å²) in [6.45, 7) is 3.58. The third kappa shape index (κ3) is 3.62. The van der Waals surface area contributed by atoms with Gasteiger partial charge in [0.2, 0.25) is 5.91 Å². The zero-order valence-corrected chi connectivity index (χ0v) is 14.2. The molecule has 2 heterocycles. The Balaban J connectivity index is 1.77. The van der Waals surface area contributed by atoms with Crippen molar-refractivity contribution in [2.45, 2.75) is 18.9 Å². The standard InChI is InChI=1S/C16H19Cl2N3O2/c17-12-8-11(9-13(18)10-12)15(22)21-5-1-2-14(21)16(23)20-6-3-19-4-7-20/h8-10,14,19H,1-7H2. The minimum Gasteiger partial charge on any atom is -0.338 e. The molecule has 1 unspecified atom stereocenters. The molecule has 2 saturated heterocycles. The van der Waals surface area contributed by atoms with Crippen molar-refractivity contribution in [3.8, 4) is 0 Å². The molecule has 7 heteroatoms. The second kappa shape index (κ2) is 7.07. The summed E-state index contributed by atoms with van der Waals surface area (Å²) < 4.78 is 0. The van der Waals surface area contributed by atoms with Gasteiger partial charge in [0.1, 0.15) is 6.04 Å². The minimum absolute atomic E-state index is 0.0467. The second-order valence-electron chi connectivity index (χ2n) is 5.89. The first-order valence-corrected chi connectivity index (χ1v) is 8.58. The van der Waals surface area contributed by atoms with Gasteiger partial charge in [0.05, 0.1) is 0 Å². The summed E-state index contributed by atoms with van der Waals surface area (Å²) in [5.41, 5.74) is 0.433. The number of benzene rings is 1. The van der Waals surface area contributed by atoms with Crippen LogP contribution in [0.1, 0.15) is 23.2 Å². The van der Waals surface area contributed by atoms with Crippen molar-refractivity contribution in [3.05, 3.63) is 33.8 Å². The van der Waals surface area contributed by atoms with Crippen LogP contribution in [-0.4, -0.2) is 60.4 Å². The van der Waals surface area contributed by atoms with E-state index in [1.807, 2.05) is 4.90 Å². The summed E-state index contributed by atoms with van der Waals surface area (Å²) in [6, 6.07) is 4.41. The third-order valence-electron chi connectivity index (χ3n) is 4.34. The number of likely N-dealkylation sites (tertiary alicyclic amines) is 1. The molecular weight excluding hydrogens is 337 g/mol. The highest BCUT2D eigenvalue weighted by atomic mass is 35.5. The number of carbonyl (C=O) groups excluding carboxylic acids is 2. The average Bonchev–Trinajstić information content (AvgIpc) is 3.03. The Kier molecular flexibility index (Phi) is 5.09. The lowest BCUT2D eigenvalue weighted by atomic mass is 10.1. The molecule has 124 valence electrons. The molecular formula is C16H19Cl2N3O2. The van der Waals surface area contributed by atoms with Gasteiger partial charge in [0.15, 0.2) is 0 Å². The van der Waals surface area contributed by atoms with Crippen molar-refractivity contribution in [3.63, 3.8) is 0 Å². The van der Waals surface area contributed by atoms with Gasteiger partial charge in [-0.25, -0.2) is 0 Å². The van der Waals surface area contributed by atoms with Gasteiger partial charge in [-0.2, -0.15) is 0 Å². The van der Waals surface area contributed by atoms with Crippen molar-refractivity contribution >= 4 is 35.0 Å². The quantitative estimate of drug-likeness (QED) is 0.882. The number of hydrogen-bond donors (Lipinski definition) is 1. The van der Waals surface area contributed by atoms with E-state index in [0.717, 1.165) is 19.5 Å². The van der Waals surface area contributed by atoms with Crippen LogP contribution in [0.5, 0.6) is 0 Å². The Morgan fingerprint density at radius 3 is 2.35 bits per heavy atom. The van der Waals surface area contributed by atoms with E-state index in [1.165, 1.54) is 0 Å². The molecule has 2 fully saturated rings. The highest BCUT2D eigenvalue weighted by molar-refractivity contribution is 6.35. The maximum atomic E-state index is 12.8. The number of halogens is 2. The molecule has 3 rings (SSSR count). The fraction of sp³-hybridized carbons (Fsp3) is 0.500. The molecule has 0 bridgehead atoms. The Labute approximate surface area is 145 Å². The van der Waals surface area contributed by atoms with Crippen molar-refractivity contribution in [2.75, 3.05) is 32.7 Å². The Bertz CT molecular complexity index is 597. The minimum atomic E-state index is -0.377. The van der Waals surface area contributed by atoms with Gasteiger partial charge in [-0.1, -0.05) is 23.2 Å². The maximum absolute atomic E-state index is 12.8. The Hall–Kier alpha value is -1.30. The van der Waals surface area contributed by atoms with Crippen LogP contribution in [-0.2, 0) is 4.79 Å². The van der Waals surface area contributed by atoms with Crippen LogP contribution in [0.25, 0.3) is 0 Å². The SMILES string of the molecule is O=C(C1CCCN1C(=O)c1cc(Cl)cc(Cl)c1)N1CCNCC1. The second-order valence-corrected chi connectivity index (χ2v) is 6.76. The van der Waals surface area contributed by atoms with E-state index in [4.69, 9.17) is 23.2 Å². The molecule has 0 saturated carbocycles. The summed E-state index contributed by atoms with van der Waals surface area (Å²) in [5.74, 6) is -0.133. The number of piperazine rings is 1. The molecule has 1 atom stereocenters. The zero-order chi connectivity index (χ0) is 16.4. The van der Waals surface area contributed by atoms with Crippen LogP contribution < -0.4 is 5.32 Å². The predicted molar refractivity (Wildman–Crippen MR) is 90.0 cm³/mol. The number of nitrogens with zero attached hydrogens (tertiary/aromatic N) is 2. The lowest BCUT2D eigenvalue weighted by molar-refractivity contribution is -0.135. The fourth-order valence-corrected chi connectivity index (χ4v) is 3.73. The first-order chi connectivity index (χ1) is 11.1. The Morgan fingerprint density at radius 2 is 1.70 bits per heavy atom. The summed E-state index contributed by atoms with van der Waals surface area (Å²) in [6.07, 6.45) is 1.55. The van der Waals surface area contributed by atoms with Gasteiger partial charge >= 0.3 is 0 Å². The molecule has 1 aromatic rings. The topological polar surface area (TPSA) is 52.7 Å². The Morgan fingerprint density at radius 1 is 1.04 bits per heavy atom. The van der Waals surface area contributed by atoms with Gasteiger partial charge in [0, 0.05) is 48.3 Å². The number of rotatable bonds is 2. The smallest absolute Gasteiger partial charge is 0.254 e. The van der Waals surface area contributed by atoms with Crippen LogP contribution >= 0.6 is 23.2 Å². The number of nitrogens with one attached hydrogen (secondary N) is 1. The first-order valence-electron chi connectivity index (χ1n) is 7.83. The highest BCUT2D eigenvalue weighted by Crippen LogP contribution is 2.25. The monoisotopic (exact) mass is 355 g/mol. The van der Waals surface area contributed by atoms with E-state index >= 15 is 0 Å². The van der Waals surface area contributed by atoms with E-state index in [0.29, 0.717) is 41.7 Å². The molecule has 0 spiro atoms.